The third-order valence-corrected chi connectivity index (χ3v) is 1.07. The van der Waals surface area contributed by atoms with Crippen LogP contribution in [-0.4, -0.2) is 13.2 Å². The minimum absolute atomic E-state index is 0.297. The van der Waals surface area contributed by atoms with Crippen LogP contribution in [0.2, 0.25) is 0 Å². The number of hydrogen-bond donors (Lipinski definition) is 0. The second kappa shape index (κ2) is 9.97. The third-order valence-electron chi connectivity index (χ3n) is 1.07. The summed E-state index contributed by atoms with van der Waals surface area (Å²) in [5.74, 6) is 0. The molecule has 0 saturated carbocycles. The zero-order valence-electron chi connectivity index (χ0n) is 11.7. The van der Waals surface area contributed by atoms with Crippen molar-refractivity contribution in [2.45, 2.75) is 41.5 Å². The molecular weight excluding hydrogens is 184 g/mol. The second-order valence-corrected chi connectivity index (χ2v) is 5.61. The van der Waals surface area contributed by atoms with Crippen LogP contribution in [-0.2, 0) is 4.74 Å². The summed E-state index contributed by atoms with van der Waals surface area (Å²) in [5, 5.41) is 0. The maximum absolute atomic E-state index is 5.56. The maximum atomic E-state index is 5.56. The van der Waals surface area contributed by atoms with Gasteiger partial charge in [-0.1, -0.05) is 41.5 Å². The summed E-state index contributed by atoms with van der Waals surface area (Å²) in [4.78, 5) is 0. The lowest BCUT2D eigenvalue weighted by molar-refractivity contribution is 0.0275. The van der Waals surface area contributed by atoms with E-state index >= 15 is 0 Å². The first-order valence-electron chi connectivity index (χ1n) is 5.28. The molecule has 0 spiro atoms. The quantitative estimate of drug-likeness (QED) is 0.605. The van der Waals surface area contributed by atoms with E-state index in [0.717, 1.165) is 13.2 Å². The Labute approximate surface area is 97.2 Å². The first-order chi connectivity index (χ1) is 6.71. The van der Waals surface area contributed by atoms with Crippen LogP contribution in [0.1, 0.15) is 41.5 Å². The van der Waals surface area contributed by atoms with Gasteiger partial charge in [-0.25, -0.2) is 0 Å². The molecule has 0 aliphatic rings. The summed E-state index contributed by atoms with van der Waals surface area (Å²) in [6.45, 7) is 26.8. The lowest BCUT2D eigenvalue weighted by atomic mass is 9.97. The van der Waals surface area contributed by atoms with Crippen LogP contribution in [0.3, 0.4) is 0 Å². The molecule has 0 heterocycles. The fourth-order valence-electron chi connectivity index (χ4n) is 0.663. The van der Waals surface area contributed by atoms with E-state index in [1.165, 1.54) is 0 Å². The summed E-state index contributed by atoms with van der Waals surface area (Å²) >= 11 is 0. The van der Waals surface area contributed by atoms with E-state index in [9.17, 15) is 0 Å². The molecule has 0 aromatic rings. The Balaban J connectivity index is -0.000000318. The summed E-state index contributed by atoms with van der Waals surface area (Å²) in [7, 11) is 0. The Morgan fingerprint density at radius 1 is 0.667 bits per heavy atom. The lowest BCUT2D eigenvalue weighted by Gasteiger charge is -2.23. The monoisotopic (exact) mass is 214 g/mol. The standard InChI is InChI=1S/C10H22O.2C2H4/c1-9(2,3)7-11-8-10(4,5)6;2*1-2/h7-8H2,1-6H3;2*1-2H2. The van der Waals surface area contributed by atoms with Gasteiger partial charge in [0.2, 0.25) is 0 Å². The highest BCUT2D eigenvalue weighted by atomic mass is 16.5. The van der Waals surface area contributed by atoms with Crippen molar-refractivity contribution in [2.75, 3.05) is 13.2 Å². The van der Waals surface area contributed by atoms with E-state index in [0.29, 0.717) is 10.8 Å². The summed E-state index contributed by atoms with van der Waals surface area (Å²) in [6.07, 6.45) is 0. The molecule has 1 heteroatoms. The average Bonchev–Trinajstić information content (AvgIpc) is 2.07. The van der Waals surface area contributed by atoms with Crippen LogP contribution in [0, 0.1) is 10.8 Å². The third kappa shape index (κ3) is 31.8. The highest BCUT2D eigenvalue weighted by molar-refractivity contribution is 4.63. The van der Waals surface area contributed by atoms with E-state index in [1.807, 2.05) is 0 Å². The van der Waals surface area contributed by atoms with Crippen molar-refractivity contribution in [3.05, 3.63) is 26.3 Å². The molecule has 0 aliphatic heterocycles. The van der Waals surface area contributed by atoms with Crippen LogP contribution in [0.15, 0.2) is 26.3 Å². The van der Waals surface area contributed by atoms with Crippen molar-refractivity contribution in [1.29, 1.82) is 0 Å². The molecule has 0 saturated heterocycles. The van der Waals surface area contributed by atoms with E-state index in [4.69, 9.17) is 4.74 Å². The fourth-order valence-corrected chi connectivity index (χ4v) is 0.663. The van der Waals surface area contributed by atoms with Gasteiger partial charge in [-0.3, -0.25) is 0 Å². The van der Waals surface area contributed by atoms with Crippen LogP contribution in [0.5, 0.6) is 0 Å². The van der Waals surface area contributed by atoms with Crippen LogP contribution >= 0.6 is 0 Å². The second-order valence-electron chi connectivity index (χ2n) is 5.61. The molecule has 0 fully saturated rings. The molecule has 0 rings (SSSR count). The Morgan fingerprint density at radius 3 is 1.00 bits per heavy atom. The molecule has 0 aromatic carbocycles. The highest BCUT2D eigenvalue weighted by Crippen LogP contribution is 2.17. The topological polar surface area (TPSA) is 9.23 Å². The molecule has 0 N–H and O–H groups in total. The van der Waals surface area contributed by atoms with E-state index in [2.05, 4.69) is 67.9 Å². The number of hydrogen-bond acceptors (Lipinski definition) is 1. The minimum atomic E-state index is 0.297. The van der Waals surface area contributed by atoms with Gasteiger partial charge >= 0.3 is 0 Å². The van der Waals surface area contributed by atoms with Crippen LogP contribution < -0.4 is 0 Å². The SMILES string of the molecule is C=C.C=C.CC(C)(C)COCC(C)(C)C. The Morgan fingerprint density at radius 2 is 0.867 bits per heavy atom. The van der Waals surface area contributed by atoms with E-state index in [1.54, 1.807) is 0 Å². The van der Waals surface area contributed by atoms with Crippen molar-refractivity contribution >= 4 is 0 Å². The molecule has 0 aromatic heterocycles. The van der Waals surface area contributed by atoms with Gasteiger partial charge in [0, 0.05) is 0 Å². The summed E-state index contributed by atoms with van der Waals surface area (Å²) in [5.41, 5.74) is 0.594. The normalized spacial score (nSPS) is 10.5. The fraction of sp³-hybridized carbons (Fsp3) is 0.714. The van der Waals surface area contributed by atoms with E-state index in [-0.39, 0.29) is 0 Å². The van der Waals surface area contributed by atoms with Crippen LogP contribution in [0.25, 0.3) is 0 Å². The zero-order chi connectivity index (χ0) is 13.1. The molecule has 0 radical (unpaired) electrons. The van der Waals surface area contributed by atoms with Crippen molar-refractivity contribution in [3.63, 3.8) is 0 Å². The molecule has 0 unspecified atom stereocenters. The minimum Gasteiger partial charge on any atom is -0.380 e. The largest absolute Gasteiger partial charge is 0.380 e. The summed E-state index contributed by atoms with van der Waals surface area (Å²) in [6, 6.07) is 0. The Kier molecular flexibility index (Phi) is 13.3. The predicted octanol–water partition coefficient (Wildman–Crippen LogP) is 4.70. The van der Waals surface area contributed by atoms with Gasteiger partial charge in [0.05, 0.1) is 13.2 Å². The molecule has 1 nitrogen and oxygen atoms in total. The molecule has 92 valence electrons. The first kappa shape index (κ1) is 19.9. The van der Waals surface area contributed by atoms with Crippen molar-refractivity contribution < 1.29 is 4.74 Å². The van der Waals surface area contributed by atoms with Gasteiger partial charge in [-0.2, -0.15) is 0 Å². The van der Waals surface area contributed by atoms with Gasteiger partial charge in [0.1, 0.15) is 0 Å². The van der Waals surface area contributed by atoms with Crippen molar-refractivity contribution in [2.24, 2.45) is 10.8 Å². The van der Waals surface area contributed by atoms with Crippen molar-refractivity contribution in [3.8, 4) is 0 Å². The van der Waals surface area contributed by atoms with Gasteiger partial charge in [-0.05, 0) is 10.8 Å². The molecule has 0 bridgehead atoms. The summed E-state index contributed by atoms with van der Waals surface area (Å²) < 4.78 is 5.56. The Hall–Kier alpha value is -0.560. The average molecular weight is 214 g/mol. The molecule has 0 atom stereocenters. The first-order valence-corrected chi connectivity index (χ1v) is 5.28. The zero-order valence-corrected chi connectivity index (χ0v) is 11.7. The Bertz CT molecular complexity index is 109. The van der Waals surface area contributed by atoms with Gasteiger partial charge in [0.25, 0.3) is 0 Å². The van der Waals surface area contributed by atoms with Crippen molar-refractivity contribution in [1.82, 2.24) is 0 Å². The molecule has 0 aliphatic carbocycles. The molecule has 15 heavy (non-hydrogen) atoms. The van der Waals surface area contributed by atoms with Gasteiger partial charge < -0.3 is 4.74 Å². The molecule has 0 amide bonds. The molecular formula is C14H30O. The number of rotatable bonds is 2. The highest BCUT2D eigenvalue weighted by Gasteiger charge is 2.14. The number of ether oxygens (including phenoxy) is 1. The van der Waals surface area contributed by atoms with Gasteiger partial charge in [0.15, 0.2) is 0 Å². The predicted molar refractivity (Wildman–Crippen MR) is 72.2 cm³/mol. The van der Waals surface area contributed by atoms with Gasteiger partial charge in [-0.15, -0.1) is 26.3 Å². The van der Waals surface area contributed by atoms with E-state index < -0.39 is 0 Å². The lowest BCUT2D eigenvalue weighted by Crippen LogP contribution is -2.21. The maximum Gasteiger partial charge on any atom is 0.0514 e. The van der Waals surface area contributed by atoms with Crippen LogP contribution in [0.4, 0.5) is 0 Å². The smallest absolute Gasteiger partial charge is 0.0514 e.